The van der Waals surface area contributed by atoms with E-state index in [1.165, 1.54) is 6.33 Å². The molecule has 0 bridgehead atoms. The van der Waals surface area contributed by atoms with Crippen LogP contribution in [0.3, 0.4) is 0 Å². The maximum Gasteiger partial charge on any atom is 0.167 e. The molecule has 0 aromatic carbocycles. The van der Waals surface area contributed by atoms with Crippen LogP contribution >= 0.6 is 15.9 Å². The predicted octanol–water partition coefficient (Wildman–Crippen LogP) is 0.894. The Morgan fingerprint density at radius 3 is 2.88 bits per heavy atom. The van der Waals surface area contributed by atoms with E-state index in [4.69, 9.17) is 5.73 Å². The SMILES string of the molecule is Cn1ncc2c(-n3cc(Br)c(N)n3)ncnc21. The zero-order valence-electron chi connectivity index (χ0n) is 8.87. The predicted molar refractivity (Wildman–Crippen MR) is 65.5 cm³/mol. The van der Waals surface area contributed by atoms with Crippen LogP contribution in [0.15, 0.2) is 23.2 Å². The molecule has 3 heterocycles. The van der Waals surface area contributed by atoms with Crippen molar-refractivity contribution >= 4 is 32.8 Å². The Balaban J connectivity index is 2.30. The van der Waals surface area contributed by atoms with Gasteiger partial charge in [0.05, 0.1) is 16.1 Å². The molecule has 8 heteroatoms. The Morgan fingerprint density at radius 1 is 1.35 bits per heavy atom. The third-order valence-corrected chi connectivity index (χ3v) is 3.03. The maximum absolute atomic E-state index is 5.68. The van der Waals surface area contributed by atoms with E-state index in [0.29, 0.717) is 11.6 Å². The normalized spacial score (nSPS) is 11.2. The van der Waals surface area contributed by atoms with Gasteiger partial charge in [-0.3, -0.25) is 4.68 Å². The van der Waals surface area contributed by atoms with E-state index in [2.05, 4.69) is 36.1 Å². The van der Waals surface area contributed by atoms with Gasteiger partial charge in [-0.2, -0.15) is 5.10 Å². The fourth-order valence-electron chi connectivity index (χ4n) is 1.61. The summed E-state index contributed by atoms with van der Waals surface area (Å²) in [5.74, 6) is 1.07. The van der Waals surface area contributed by atoms with E-state index in [1.54, 1.807) is 21.8 Å². The first kappa shape index (κ1) is 10.2. The Hall–Kier alpha value is -1.96. The summed E-state index contributed by atoms with van der Waals surface area (Å²) in [6, 6.07) is 0. The van der Waals surface area contributed by atoms with Crippen LogP contribution in [-0.4, -0.2) is 29.5 Å². The fraction of sp³-hybridized carbons (Fsp3) is 0.111. The molecule has 3 rings (SSSR count). The van der Waals surface area contributed by atoms with Gasteiger partial charge < -0.3 is 5.73 Å². The van der Waals surface area contributed by atoms with Gasteiger partial charge in [-0.05, 0) is 15.9 Å². The molecule has 7 nitrogen and oxygen atoms in total. The van der Waals surface area contributed by atoms with Crippen molar-refractivity contribution in [2.75, 3.05) is 5.73 Å². The molecule has 2 N–H and O–H groups in total. The molecule has 86 valence electrons. The number of nitrogen functional groups attached to an aromatic ring is 1. The van der Waals surface area contributed by atoms with Gasteiger partial charge in [0.2, 0.25) is 0 Å². The highest BCUT2D eigenvalue weighted by atomic mass is 79.9. The highest BCUT2D eigenvalue weighted by Gasteiger charge is 2.11. The third-order valence-electron chi connectivity index (χ3n) is 2.42. The molecule has 3 aromatic heterocycles. The minimum Gasteiger partial charge on any atom is -0.381 e. The first-order valence-electron chi connectivity index (χ1n) is 4.80. The average Bonchev–Trinajstić information content (AvgIpc) is 2.84. The minimum atomic E-state index is 0.417. The molecule has 0 aliphatic rings. The van der Waals surface area contributed by atoms with Crippen LogP contribution in [-0.2, 0) is 7.05 Å². The molecule has 0 saturated carbocycles. The van der Waals surface area contributed by atoms with Gasteiger partial charge >= 0.3 is 0 Å². The summed E-state index contributed by atoms with van der Waals surface area (Å²) in [7, 11) is 1.83. The van der Waals surface area contributed by atoms with Crippen molar-refractivity contribution in [2.45, 2.75) is 0 Å². The van der Waals surface area contributed by atoms with E-state index < -0.39 is 0 Å². The van der Waals surface area contributed by atoms with Gasteiger partial charge in [0.15, 0.2) is 17.3 Å². The van der Waals surface area contributed by atoms with Crippen molar-refractivity contribution in [1.29, 1.82) is 0 Å². The molecule has 3 aromatic rings. The number of halogens is 1. The summed E-state index contributed by atoms with van der Waals surface area (Å²) in [6.07, 6.45) is 4.94. The number of fused-ring (bicyclic) bond motifs is 1. The number of nitrogens with two attached hydrogens (primary N) is 1. The molecular formula is C9H8BrN7. The summed E-state index contributed by atoms with van der Waals surface area (Å²) in [4.78, 5) is 8.37. The first-order valence-corrected chi connectivity index (χ1v) is 5.60. The van der Waals surface area contributed by atoms with Crippen LogP contribution in [0.2, 0.25) is 0 Å². The highest BCUT2D eigenvalue weighted by molar-refractivity contribution is 9.10. The highest BCUT2D eigenvalue weighted by Crippen LogP contribution is 2.22. The third kappa shape index (κ3) is 1.48. The fourth-order valence-corrected chi connectivity index (χ4v) is 1.88. The lowest BCUT2D eigenvalue weighted by molar-refractivity contribution is 0.784. The van der Waals surface area contributed by atoms with Crippen LogP contribution in [0.1, 0.15) is 0 Å². The molecule has 0 fully saturated rings. The van der Waals surface area contributed by atoms with Gasteiger partial charge in [0.25, 0.3) is 0 Å². The van der Waals surface area contributed by atoms with E-state index in [9.17, 15) is 0 Å². The topological polar surface area (TPSA) is 87.4 Å². The van der Waals surface area contributed by atoms with Crippen molar-refractivity contribution in [3.05, 3.63) is 23.2 Å². The molecule has 17 heavy (non-hydrogen) atoms. The number of hydrogen-bond acceptors (Lipinski definition) is 5. The molecule has 0 spiro atoms. The summed E-state index contributed by atoms with van der Waals surface area (Å²) in [5.41, 5.74) is 6.43. The van der Waals surface area contributed by atoms with Gasteiger partial charge in [-0.25, -0.2) is 14.6 Å². The number of aryl methyl sites for hydroxylation is 1. The summed E-state index contributed by atoms with van der Waals surface area (Å²) >= 11 is 3.31. The Labute approximate surface area is 104 Å². The molecule has 0 aliphatic heterocycles. The van der Waals surface area contributed by atoms with Crippen LogP contribution in [0, 0.1) is 0 Å². The molecular weight excluding hydrogens is 286 g/mol. The number of nitrogens with zero attached hydrogens (tertiary/aromatic N) is 6. The van der Waals surface area contributed by atoms with Crippen molar-refractivity contribution in [1.82, 2.24) is 29.5 Å². The summed E-state index contributed by atoms with van der Waals surface area (Å²) in [5, 5.41) is 9.13. The number of rotatable bonds is 1. The molecule has 0 amide bonds. The van der Waals surface area contributed by atoms with Gasteiger partial charge in [-0.1, -0.05) is 0 Å². The zero-order valence-corrected chi connectivity index (χ0v) is 10.5. The number of hydrogen-bond donors (Lipinski definition) is 1. The largest absolute Gasteiger partial charge is 0.381 e. The summed E-state index contributed by atoms with van der Waals surface area (Å²) < 4.78 is 4.02. The molecule has 0 unspecified atom stereocenters. The second kappa shape index (κ2) is 3.52. The van der Waals surface area contributed by atoms with Crippen LogP contribution in [0.25, 0.3) is 16.9 Å². The Morgan fingerprint density at radius 2 is 2.18 bits per heavy atom. The van der Waals surface area contributed by atoms with Crippen LogP contribution in [0.5, 0.6) is 0 Å². The van der Waals surface area contributed by atoms with Gasteiger partial charge in [-0.15, -0.1) is 5.10 Å². The maximum atomic E-state index is 5.68. The number of anilines is 1. The number of aromatic nitrogens is 6. The van der Waals surface area contributed by atoms with Crippen LogP contribution in [0.4, 0.5) is 5.82 Å². The van der Waals surface area contributed by atoms with E-state index >= 15 is 0 Å². The van der Waals surface area contributed by atoms with E-state index in [-0.39, 0.29) is 0 Å². The standard InChI is InChI=1S/C9H8BrN7/c1-16-8-5(2-14-16)9(13-4-12-8)17-3-6(10)7(11)15-17/h2-4H,1H3,(H2,11,15). The lowest BCUT2D eigenvalue weighted by Crippen LogP contribution is -2.01. The van der Waals surface area contributed by atoms with Crippen molar-refractivity contribution < 1.29 is 0 Å². The van der Waals surface area contributed by atoms with E-state index in [0.717, 1.165) is 15.5 Å². The molecule has 0 aliphatic carbocycles. The second-order valence-corrected chi connectivity index (χ2v) is 4.36. The van der Waals surface area contributed by atoms with Gasteiger partial charge in [0.1, 0.15) is 6.33 Å². The van der Waals surface area contributed by atoms with Crippen molar-refractivity contribution in [2.24, 2.45) is 7.05 Å². The van der Waals surface area contributed by atoms with Crippen LogP contribution < -0.4 is 5.73 Å². The van der Waals surface area contributed by atoms with E-state index in [1.807, 2.05) is 7.05 Å². The second-order valence-electron chi connectivity index (χ2n) is 3.51. The van der Waals surface area contributed by atoms with Crippen molar-refractivity contribution in [3.8, 4) is 5.82 Å². The van der Waals surface area contributed by atoms with Gasteiger partial charge in [0, 0.05) is 13.2 Å². The Bertz CT molecular complexity index is 679. The lowest BCUT2D eigenvalue weighted by Gasteiger charge is -2.00. The zero-order chi connectivity index (χ0) is 12.0. The molecule has 0 atom stereocenters. The quantitative estimate of drug-likeness (QED) is 0.720. The molecule has 0 saturated heterocycles. The average molecular weight is 294 g/mol. The molecule has 0 radical (unpaired) electrons. The first-order chi connectivity index (χ1) is 8.16. The Kier molecular flexibility index (Phi) is 2.11. The minimum absolute atomic E-state index is 0.417. The lowest BCUT2D eigenvalue weighted by atomic mass is 10.4. The smallest absolute Gasteiger partial charge is 0.167 e. The monoisotopic (exact) mass is 293 g/mol. The summed E-state index contributed by atoms with van der Waals surface area (Å²) in [6.45, 7) is 0. The van der Waals surface area contributed by atoms with Crippen molar-refractivity contribution in [3.63, 3.8) is 0 Å².